The molecule has 0 saturated heterocycles. The topological polar surface area (TPSA) is 78.9 Å². The highest BCUT2D eigenvalue weighted by molar-refractivity contribution is 7.86. The van der Waals surface area contributed by atoms with Gasteiger partial charge in [-0.25, -0.2) is 0 Å². The fourth-order valence-corrected chi connectivity index (χ4v) is 8.90. The lowest BCUT2D eigenvalue weighted by Crippen LogP contribution is -2.40. The van der Waals surface area contributed by atoms with Gasteiger partial charge in [-0.2, -0.15) is 8.42 Å². The fraction of sp³-hybridized carbons (Fsp3) is 0.794. The van der Waals surface area contributed by atoms with E-state index in [0.717, 1.165) is 51.6 Å². The van der Waals surface area contributed by atoms with Gasteiger partial charge < -0.3 is 9.16 Å². The molecule has 8 heteroatoms. The molecule has 0 aliphatic heterocycles. The lowest BCUT2D eigenvalue weighted by molar-refractivity contribution is -0.130. The second kappa shape index (κ2) is 15.2. The largest absolute Gasteiger partial charge is 0.494 e. The summed E-state index contributed by atoms with van der Waals surface area (Å²) in [7, 11) is -5.46. The predicted molar refractivity (Wildman–Crippen MR) is 173 cm³/mol. The summed E-state index contributed by atoms with van der Waals surface area (Å²) in [6, 6.07) is 6.55. The highest BCUT2D eigenvalue weighted by Crippen LogP contribution is 2.56. The maximum Gasteiger partial charge on any atom is 0.296 e. The number of hydrogen-bond acceptors (Lipinski definition) is 6. The van der Waals surface area contributed by atoms with E-state index in [1.165, 1.54) is 25.7 Å². The van der Waals surface area contributed by atoms with Crippen LogP contribution >= 0.6 is 0 Å². The van der Waals surface area contributed by atoms with Crippen LogP contribution in [0.3, 0.4) is 0 Å². The van der Waals surface area contributed by atoms with Crippen molar-refractivity contribution in [2.24, 2.45) is 23.2 Å². The van der Waals surface area contributed by atoms with E-state index >= 15 is 0 Å². The summed E-state index contributed by atoms with van der Waals surface area (Å²) in [5.74, 6) is 1.58. The Morgan fingerprint density at radius 2 is 1.55 bits per heavy atom. The van der Waals surface area contributed by atoms with Crippen molar-refractivity contribution in [2.75, 3.05) is 19.8 Å². The SMILES string of the molecule is C[C@@H](COS(=O)(=O)c1ccc(OCCCCCCCCCO[Si](C)(C)C(C)(C)C)cc1)[C@H]1CC[C@H]2C(=O)CCC[C@]12C. The number of ketones is 1. The lowest BCUT2D eigenvalue weighted by Gasteiger charge is -2.42. The first-order chi connectivity index (χ1) is 19.7. The van der Waals surface area contributed by atoms with E-state index in [1.54, 1.807) is 24.3 Å². The van der Waals surface area contributed by atoms with Crippen LogP contribution in [-0.2, 0) is 23.5 Å². The van der Waals surface area contributed by atoms with Gasteiger partial charge in [0.2, 0.25) is 0 Å². The summed E-state index contributed by atoms with van der Waals surface area (Å²) in [6.45, 7) is 17.4. The Balaban J connectivity index is 1.29. The first-order valence-electron chi connectivity index (χ1n) is 16.5. The molecule has 1 aromatic rings. The van der Waals surface area contributed by atoms with Gasteiger partial charge in [0.1, 0.15) is 11.5 Å². The quantitative estimate of drug-likeness (QED) is 0.0980. The summed E-state index contributed by atoms with van der Waals surface area (Å²) in [4.78, 5) is 12.6. The van der Waals surface area contributed by atoms with E-state index in [-0.39, 0.29) is 33.8 Å². The average Bonchev–Trinajstić information content (AvgIpc) is 3.28. The number of benzene rings is 1. The zero-order chi connectivity index (χ0) is 31.0. The number of rotatable bonds is 17. The molecule has 0 amide bonds. The average molecular weight is 623 g/mol. The maximum absolute atomic E-state index is 12.9. The van der Waals surface area contributed by atoms with Gasteiger partial charge in [-0.1, -0.05) is 66.7 Å². The van der Waals surface area contributed by atoms with Crippen LogP contribution in [0.4, 0.5) is 0 Å². The molecular formula is C34H58O6SSi. The van der Waals surface area contributed by atoms with Crippen LogP contribution in [0, 0.1) is 23.2 Å². The second-order valence-corrected chi connectivity index (χ2v) is 21.1. The van der Waals surface area contributed by atoms with Gasteiger partial charge >= 0.3 is 0 Å². The van der Waals surface area contributed by atoms with Gasteiger partial charge in [0.05, 0.1) is 18.1 Å². The van der Waals surface area contributed by atoms with Crippen LogP contribution in [0.1, 0.15) is 112 Å². The lowest BCUT2D eigenvalue weighted by atomic mass is 9.62. The standard InChI is InChI=1S/C34H58O6SSi/c1-27(30-21-22-31-32(35)16-15-23-34(30,31)5)26-39-41(36,37)29-19-17-28(18-20-29)38-24-13-11-9-8-10-12-14-25-40-42(6,7)33(2,3)4/h17-20,27,30-31H,8-16,21-26H2,1-7H3/t27-,30+,31-,34+/m0/s1. The minimum atomic E-state index is -3.85. The third-order valence-corrected chi connectivity index (χ3v) is 16.4. The van der Waals surface area contributed by atoms with Gasteiger partial charge in [0, 0.05) is 18.9 Å². The fourth-order valence-electron chi connectivity index (χ4n) is 6.81. The van der Waals surface area contributed by atoms with Gasteiger partial charge in [-0.3, -0.25) is 8.98 Å². The van der Waals surface area contributed by atoms with Crippen LogP contribution in [0.5, 0.6) is 5.75 Å². The van der Waals surface area contributed by atoms with Gasteiger partial charge in [-0.15, -0.1) is 0 Å². The summed E-state index contributed by atoms with van der Waals surface area (Å²) >= 11 is 0. The summed E-state index contributed by atoms with van der Waals surface area (Å²) < 4.78 is 43.4. The zero-order valence-corrected chi connectivity index (χ0v) is 29.3. The molecule has 2 aliphatic rings. The zero-order valence-electron chi connectivity index (χ0n) is 27.5. The van der Waals surface area contributed by atoms with Gasteiger partial charge in [0.25, 0.3) is 10.1 Å². The molecule has 1 aromatic carbocycles. The molecule has 0 heterocycles. The molecule has 2 fully saturated rings. The summed E-state index contributed by atoms with van der Waals surface area (Å²) in [6.07, 6.45) is 12.8. The van der Waals surface area contributed by atoms with Crippen LogP contribution in [-0.4, -0.2) is 42.3 Å². The molecule has 0 N–H and O–H groups in total. The number of Topliss-reactive ketones (excluding diaryl/α,β-unsaturated/α-hetero) is 1. The molecule has 4 atom stereocenters. The molecule has 0 spiro atoms. The molecule has 2 saturated carbocycles. The Bertz CT molecular complexity index is 1090. The minimum Gasteiger partial charge on any atom is -0.494 e. The van der Waals surface area contributed by atoms with Crippen molar-refractivity contribution in [3.05, 3.63) is 24.3 Å². The van der Waals surface area contributed by atoms with Crippen LogP contribution < -0.4 is 4.74 Å². The van der Waals surface area contributed by atoms with E-state index in [9.17, 15) is 13.2 Å². The molecule has 42 heavy (non-hydrogen) atoms. The Labute approximate surface area is 257 Å². The Morgan fingerprint density at radius 3 is 2.17 bits per heavy atom. The third-order valence-electron chi connectivity index (χ3n) is 10.5. The molecule has 0 radical (unpaired) electrons. The number of ether oxygens (including phenoxy) is 1. The van der Waals surface area contributed by atoms with Crippen molar-refractivity contribution in [1.29, 1.82) is 0 Å². The van der Waals surface area contributed by atoms with E-state index < -0.39 is 18.4 Å². The minimum absolute atomic E-state index is 0.0269. The molecule has 3 rings (SSSR count). The van der Waals surface area contributed by atoms with Crippen molar-refractivity contribution in [1.82, 2.24) is 0 Å². The predicted octanol–water partition coefficient (Wildman–Crippen LogP) is 8.94. The molecule has 2 aliphatic carbocycles. The normalized spacial score (nSPS) is 24.0. The van der Waals surface area contributed by atoms with Gasteiger partial charge in [-0.05, 0) is 98.2 Å². The molecule has 240 valence electrons. The van der Waals surface area contributed by atoms with Crippen LogP contribution in [0.2, 0.25) is 18.1 Å². The van der Waals surface area contributed by atoms with Crippen LogP contribution in [0.15, 0.2) is 29.2 Å². The number of hydrogen-bond donors (Lipinski definition) is 0. The van der Waals surface area contributed by atoms with Crippen molar-refractivity contribution < 1.29 is 26.6 Å². The van der Waals surface area contributed by atoms with Crippen molar-refractivity contribution >= 4 is 24.2 Å². The number of unbranched alkanes of at least 4 members (excludes halogenated alkanes) is 6. The number of fused-ring (bicyclic) bond motifs is 1. The van der Waals surface area contributed by atoms with Gasteiger partial charge in [0.15, 0.2) is 8.32 Å². The van der Waals surface area contributed by atoms with E-state index in [0.29, 0.717) is 30.5 Å². The van der Waals surface area contributed by atoms with Crippen molar-refractivity contribution in [2.45, 2.75) is 135 Å². The van der Waals surface area contributed by atoms with Crippen molar-refractivity contribution in [3.63, 3.8) is 0 Å². The third kappa shape index (κ3) is 9.39. The molecular weight excluding hydrogens is 565 g/mol. The highest BCUT2D eigenvalue weighted by atomic mass is 32.2. The van der Waals surface area contributed by atoms with Crippen LogP contribution in [0.25, 0.3) is 0 Å². The molecule has 0 unspecified atom stereocenters. The highest BCUT2D eigenvalue weighted by Gasteiger charge is 2.52. The monoisotopic (exact) mass is 622 g/mol. The first-order valence-corrected chi connectivity index (χ1v) is 20.8. The molecule has 0 bridgehead atoms. The molecule has 6 nitrogen and oxygen atoms in total. The van der Waals surface area contributed by atoms with E-state index in [1.807, 2.05) is 0 Å². The van der Waals surface area contributed by atoms with E-state index in [4.69, 9.17) is 13.3 Å². The summed E-state index contributed by atoms with van der Waals surface area (Å²) in [5.41, 5.74) is -0.0269. The smallest absolute Gasteiger partial charge is 0.296 e. The number of carbonyl (C=O) groups is 1. The molecule has 0 aromatic heterocycles. The van der Waals surface area contributed by atoms with E-state index in [2.05, 4.69) is 47.7 Å². The maximum atomic E-state index is 12.9. The Kier molecular flexibility index (Phi) is 12.7. The Morgan fingerprint density at radius 1 is 0.952 bits per heavy atom. The number of carbonyl (C=O) groups excluding carboxylic acids is 1. The summed E-state index contributed by atoms with van der Waals surface area (Å²) in [5, 5.41) is 0.277. The Hall–Kier alpha value is -1.22. The second-order valence-electron chi connectivity index (χ2n) is 14.7. The van der Waals surface area contributed by atoms with Crippen molar-refractivity contribution in [3.8, 4) is 5.75 Å². The first kappa shape index (κ1) is 35.3.